The molecule has 7 nitrogen and oxygen atoms in total. The van der Waals surface area contributed by atoms with Gasteiger partial charge in [-0.2, -0.15) is 5.26 Å². The van der Waals surface area contributed by atoms with Crippen molar-refractivity contribution in [2.75, 3.05) is 31.5 Å². The Morgan fingerprint density at radius 1 is 1.48 bits per heavy atom. The number of rotatable bonds is 7. The van der Waals surface area contributed by atoms with E-state index in [4.69, 9.17) is 5.26 Å². The molecule has 2 aromatic heterocycles. The molecule has 3 rings (SSSR count). The number of anilines is 1. The number of hydrogen-bond acceptors (Lipinski definition) is 7. The fraction of sp³-hybridized carbons (Fsp3) is 0.412. The summed E-state index contributed by atoms with van der Waals surface area (Å²) in [4.78, 5) is 22.4. The number of nitriles is 1. The smallest absolute Gasteiger partial charge is 0.237 e. The largest absolute Gasteiger partial charge is 0.360 e. The summed E-state index contributed by atoms with van der Waals surface area (Å²) in [7, 11) is 0. The molecule has 1 aliphatic heterocycles. The molecule has 130 valence electrons. The zero-order valence-electron chi connectivity index (χ0n) is 13.8. The van der Waals surface area contributed by atoms with Gasteiger partial charge in [0.1, 0.15) is 6.04 Å². The summed E-state index contributed by atoms with van der Waals surface area (Å²) in [5.74, 6) is -0.00263. The summed E-state index contributed by atoms with van der Waals surface area (Å²) in [6.07, 6.45) is 5.23. The molecule has 0 radical (unpaired) electrons. The van der Waals surface area contributed by atoms with Crippen LogP contribution in [0.15, 0.2) is 29.9 Å². The molecule has 2 aromatic rings. The van der Waals surface area contributed by atoms with Gasteiger partial charge < -0.3 is 15.5 Å². The summed E-state index contributed by atoms with van der Waals surface area (Å²) >= 11 is 1.54. The quantitative estimate of drug-likeness (QED) is 0.734. The molecule has 1 amide bonds. The number of hydrogen-bond donors (Lipinski definition) is 2. The third kappa shape index (κ3) is 4.53. The van der Waals surface area contributed by atoms with Crippen LogP contribution in [0.4, 0.5) is 5.13 Å². The number of thiazole rings is 1. The number of nitrogens with one attached hydrogen (secondary N) is 2. The SMILES string of the molecule is N#C[C@@H]1CCCN1C(=O)CNCCNc1nc(-c2cccnc2)cs1. The lowest BCUT2D eigenvalue weighted by Crippen LogP contribution is -2.41. The summed E-state index contributed by atoms with van der Waals surface area (Å²) in [5, 5.41) is 18.2. The highest BCUT2D eigenvalue weighted by Gasteiger charge is 2.27. The monoisotopic (exact) mass is 356 g/mol. The highest BCUT2D eigenvalue weighted by atomic mass is 32.1. The van der Waals surface area contributed by atoms with Crippen LogP contribution in [0.5, 0.6) is 0 Å². The van der Waals surface area contributed by atoms with Crippen molar-refractivity contribution >= 4 is 22.4 Å². The minimum absolute atomic E-state index is 0.00263. The number of likely N-dealkylation sites (tertiary alicyclic amines) is 1. The summed E-state index contributed by atoms with van der Waals surface area (Å²) in [6, 6.07) is 5.80. The van der Waals surface area contributed by atoms with E-state index >= 15 is 0 Å². The van der Waals surface area contributed by atoms with Crippen LogP contribution < -0.4 is 10.6 Å². The Kier molecular flexibility index (Phi) is 5.93. The predicted octanol–water partition coefficient (Wildman–Crippen LogP) is 1.72. The molecule has 3 heterocycles. The van der Waals surface area contributed by atoms with Crippen LogP contribution in [-0.4, -0.2) is 53.0 Å². The zero-order chi connectivity index (χ0) is 17.5. The van der Waals surface area contributed by atoms with Crippen LogP contribution in [0.25, 0.3) is 11.3 Å². The first-order valence-corrected chi connectivity index (χ1v) is 9.15. The maximum atomic E-state index is 12.1. The normalized spacial score (nSPS) is 16.6. The number of carbonyl (C=O) groups excluding carboxylic acids is 1. The van der Waals surface area contributed by atoms with E-state index in [0.29, 0.717) is 19.6 Å². The molecule has 0 unspecified atom stereocenters. The zero-order valence-corrected chi connectivity index (χ0v) is 14.6. The molecular weight excluding hydrogens is 336 g/mol. The molecular formula is C17H20N6OS. The van der Waals surface area contributed by atoms with Gasteiger partial charge in [-0.05, 0) is 25.0 Å². The molecule has 25 heavy (non-hydrogen) atoms. The Balaban J connectivity index is 1.37. The minimum atomic E-state index is -0.256. The van der Waals surface area contributed by atoms with Crippen LogP contribution in [0.2, 0.25) is 0 Å². The Bertz CT molecular complexity index is 741. The first-order chi connectivity index (χ1) is 12.3. The van der Waals surface area contributed by atoms with Gasteiger partial charge in [0.05, 0.1) is 18.3 Å². The fourth-order valence-corrected chi connectivity index (χ4v) is 3.50. The topological polar surface area (TPSA) is 93.9 Å². The molecule has 2 N–H and O–H groups in total. The maximum absolute atomic E-state index is 12.1. The molecule has 0 aliphatic carbocycles. The van der Waals surface area contributed by atoms with Crippen molar-refractivity contribution in [3.05, 3.63) is 29.9 Å². The number of amides is 1. The molecule has 0 bridgehead atoms. The Labute approximate surface area is 150 Å². The number of aromatic nitrogens is 2. The Morgan fingerprint density at radius 3 is 3.20 bits per heavy atom. The van der Waals surface area contributed by atoms with Crippen LogP contribution in [-0.2, 0) is 4.79 Å². The van der Waals surface area contributed by atoms with E-state index in [2.05, 4.69) is 26.7 Å². The molecule has 1 aliphatic rings. The second-order valence-corrected chi connectivity index (χ2v) is 6.62. The average molecular weight is 356 g/mol. The van der Waals surface area contributed by atoms with Crippen molar-refractivity contribution in [2.45, 2.75) is 18.9 Å². The summed E-state index contributed by atoms with van der Waals surface area (Å²) < 4.78 is 0. The van der Waals surface area contributed by atoms with Crippen molar-refractivity contribution in [2.24, 2.45) is 0 Å². The van der Waals surface area contributed by atoms with Gasteiger partial charge in [0, 0.05) is 43.0 Å². The van der Waals surface area contributed by atoms with Gasteiger partial charge in [-0.25, -0.2) is 4.98 Å². The number of nitrogens with zero attached hydrogens (tertiary/aromatic N) is 4. The van der Waals surface area contributed by atoms with Crippen LogP contribution in [0.3, 0.4) is 0 Å². The lowest BCUT2D eigenvalue weighted by molar-refractivity contribution is -0.130. The molecule has 1 saturated heterocycles. The lowest BCUT2D eigenvalue weighted by Gasteiger charge is -2.19. The number of pyridine rings is 1. The third-order valence-electron chi connectivity index (χ3n) is 4.04. The van der Waals surface area contributed by atoms with Crippen molar-refractivity contribution < 1.29 is 4.79 Å². The molecule has 8 heteroatoms. The van der Waals surface area contributed by atoms with E-state index in [1.54, 1.807) is 28.6 Å². The standard InChI is InChI=1S/C17H20N6OS/c18-9-14-4-2-8-23(14)16(24)11-20-6-7-21-17-22-15(12-25-17)13-3-1-5-19-10-13/h1,3,5,10,12,14,20H,2,4,6-8,11H2,(H,21,22)/t14-/m0/s1. The van der Waals surface area contributed by atoms with Gasteiger partial charge in [0.2, 0.25) is 5.91 Å². The predicted molar refractivity (Wildman–Crippen MR) is 97.1 cm³/mol. The lowest BCUT2D eigenvalue weighted by atomic mass is 10.2. The summed E-state index contributed by atoms with van der Waals surface area (Å²) in [5.41, 5.74) is 1.90. The second kappa shape index (κ2) is 8.55. The molecule has 1 atom stereocenters. The van der Waals surface area contributed by atoms with Gasteiger partial charge in [-0.1, -0.05) is 0 Å². The van der Waals surface area contributed by atoms with E-state index in [0.717, 1.165) is 29.2 Å². The average Bonchev–Trinajstić information content (AvgIpc) is 3.31. The molecule has 0 saturated carbocycles. The van der Waals surface area contributed by atoms with E-state index < -0.39 is 0 Å². The minimum Gasteiger partial charge on any atom is -0.360 e. The van der Waals surface area contributed by atoms with Crippen molar-refractivity contribution in [3.63, 3.8) is 0 Å². The van der Waals surface area contributed by atoms with Gasteiger partial charge in [0.25, 0.3) is 0 Å². The molecule has 0 spiro atoms. The third-order valence-corrected chi connectivity index (χ3v) is 4.84. The van der Waals surface area contributed by atoms with Gasteiger partial charge in [-0.3, -0.25) is 9.78 Å². The van der Waals surface area contributed by atoms with Crippen molar-refractivity contribution in [3.8, 4) is 17.3 Å². The first-order valence-electron chi connectivity index (χ1n) is 8.27. The van der Waals surface area contributed by atoms with Gasteiger partial charge >= 0.3 is 0 Å². The van der Waals surface area contributed by atoms with Gasteiger partial charge in [-0.15, -0.1) is 11.3 Å². The summed E-state index contributed by atoms with van der Waals surface area (Å²) in [6.45, 7) is 2.28. The maximum Gasteiger partial charge on any atom is 0.237 e. The first kappa shape index (κ1) is 17.3. The molecule has 0 aromatic carbocycles. The van der Waals surface area contributed by atoms with E-state index in [9.17, 15) is 4.79 Å². The van der Waals surface area contributed by atoms with Crippen LogP contribution in [0.1, 0.15) is 12.8 Å². The van der Waals surface area contributed by atoms with Crippen molar-refractivity contribution in [1.29, 1.82) is 5.26 Å². The Morgan fingerprint density at radius 2 is 2.40 bits per heavy atom. The number of carbonyl (C=O) groups is 1. The molecule has 1 fully saturated rings. The van der Waals surface area contributed by atoms with E-state index in [1.165, 1.54) is 0 Å². The highest BCUT2D eigenvalue weighted by molar-refractivity contribution is 7.14. The van der Waals surface area contributed by atoms with Crippen molar-refractivity contribution in [1.82, 2.24) is 20.2 Å². The fourth-order valence-electron chi connectivity index (χ4n) is 2.76. The Hall–Kier alpha value is -2.50. The van der Waals surface area contributed by atoms with E-state index in [-0.39, 0.29) is 18.5 Å². The van der Waals surface area contributed by atoms with Crippen LogP contribution >= 0.6 is 11.3 Å². The van der Waals surface area contributed by atoms with Gasteiger partial charge in [0.15, 0.2) is 5.13 Å². The highest BCUT2D eigenvalue weighted by Crippen LogP contribution is 2.23. The van der Waals surface area contributed by atoms with Crippen LogP contribution in [0, 0.1) is 11.3 Å². The van der Waals surface area contributed by atoms with E-state index in [1.807, 2.05) is 17.5 Å². The second-order valence-electron chi connectivity index (χ2n) is 5.76.